The second kappa shape index (κ2) is 9.59. The first kappa shape index (κ1) is 23.2. The minimum atomic E-state index is -3.84. The number of nitrogens with one attached hydrogen (secondary N) is 1. The molecule has 1 fully saturated rings. The number of nitrogens with zero attached hydrogens (tertiary/aromatic N) is 2. The molecule has 5 rings (SSSR count). The van der Waals surface area contributed by atoms with Crippen LogP contribution >= 0.6 is 11.8 Å². The SMILES string of the molecule is CCOc1ccc(N2C(=O)CSC2c2ccc(NS(=O)(=O)c3cccc4cccnc34)cc2)cc1. The zero-order chi connectivity index (χ0) is 24.4. The van der Waals surface area contributed by atoms with Crippen molar-refractivity contribution in [2.24, 2.45) is 0 Å². The van der Waals surface area contributed by atoms with Gasteiger partial charge in [0.2, 0.25) is 5.91 Å². The van der Waals surface area contributed by atoms with E-state index in [0.29, 0.717) is 23.6 Å². The van der Waals surface area contributed by atoms with E-state index in [1.54, 1.807) is 41.4 Å². The lowest BCUT2D eigenvalue weighted by Crippen LogP contribution is -2.27. The summed E-state index contributed by atoms with van der Waals surface area (Å²) >= 11 is 1.54. The first-order valence-electron chi connectivity index (χ1n) is 11.1. The Balaban J connectivity index is 1.37. The van der Waals surface area contributed by atoms with Crippen molar-refractivity contribution in [1.82, 2.24) is 4.98 Å². The Kier molecular flexibility index (Phi) is 6.36. The van der Waals surface area contributed by atoms with Crippen molar-refractivity contribution >= 4 is 50.0 Å². The Labute approximate surface area is 208 Å². The van der Waals surface area contributed by atoms with E-state index < -0.39 is 10.0 Å². The van der Waals surface area contributed by atoms with Gasteiger partial charge in [0.25, 0.3) is 10.0 Å². The van der Waals surface area contributed by atoms with Crippen molar-refractivity contribution < 1.29 is 17.9 Å². The summed E-state index contributed by atoms with van der Waals surface area (Å²) in [5, 5.41) is 0.552. The average Bonchev–Trinajstić information content (AvgIpc) is 3.26. The fraction of sp³-hybridized carbons (Fsp3) is 0.154. The number of pyridine rings is 1. The lowest BCUT2D eigenvalue weighted by Gasteiger charge is -2.24. The lowest BCUT2D eigenvalue weighted by atomic mass is 10.1. The van der Waals surface area contributed by atoms with Gasteiger partial charge in [0.05, 0.1) is 17.9 Å². The van der Waals surface area contributed by atoms with E-state index in [1.807, 2.05) is 55.5 Å². The first-order valence-corrected chi connectivity index (χ1v) is 13.6. The molecular weight excluding hydrogens is 482 g/mol. The van der Waals surface area contributed by atoms with Crippen molar-refractivity contribution in [2.75, 3.05) is 22.0 Å². The first-order chi connectivity index (χ1) is 17.0. The van der Waals surface area contributed by atoms with Crippen molar-refractivity contribution in [3.63, 3.8) is 0 Å². The van der Waals surface area contributed by atoms with Gasteiger partial charge in [0.1, 0.15) is 16.0 Å². The fourth-order valence-corrected chi connectivity index (χ4v) is 6.46. The largest absolute Gasteiger partial charge is 0.494 e. The van der Waals surface area contributed by atoms with E-state index >= 15 is 0 Å². The molecule has 35 heavy (non-hydrogen) atoms. The molecule has 1 saturated heterocycles. The highest BCUT2D eigenvalue weighted by atomic mass is 32.2. The molecule has 1 aromatic heterocycles. The summed E-state index contributed by atoms with van der Waals surface area (Å²) in [6, 6.07) is 23.2. The van der Waals surface area contributed by atoms with Crippen LogP contribution < -0.4 is 14.4 Å². The third kappa shape index (κ3) is 4.69. The van der Waals surface area contributed by atoms with Crippen LogP contribution in [0.1, 0.15) is 17.9 Å². The molecule has 1 aliphatic heterocycles. The van der Waals surface area contributed by atoms with Gasteiger partial charge in [-0.3, -0.25) is 19.4 Å². The number of anilines is 2. The lowest BCUT2D eigenvalue weighted by molar-refractivity contribution is -0.115. The normalized spacial score (nSPS) is 16.0. The zero-order valence-corrected chi connectivity index (χ0v) is 20.6. The monoisotopic (exact) mass is 505 g/mol. The number of benzene rings is 3. The molecule has 2 heterocycles. The minimum absolute atomic E-state index is 0.0254. The molecule has 0 aliphatic carbocycles. The van der Waals surface area contributed by atoms with E-state index in [2.05, 4.69) is 9.71 Å². The number of hydrogen-bond donors (Lipinski definition) is 1. The number of amides is 1. The highest BCUT2D eigenvalue weighted by Crippen LogP contribution is 2.42. The quantitative estimate of drug-likeness (QED) is 0.371. The number of carbonyl (C=O) groups excluding carboxylic acids is 1. The van der Waals surface area contributed by atoms with Crippen LogP contribution in [-0.2, 0) is 14.8 Å². The van der Waals surface area contributed by atoms with Gasteiger partial charge >= 0.3 is 0 Å². The smallest absolute Gasteiger partial charge is 0.264 e. The maximum absolute atomic E-state index is 13.1. The van der Waals surface area contributed by atoms with E-state index in [4.69, 9.17) is 4.74 Å². The Hall–Kier alpha value is -3.56. The topological polar surface area (TPSA) is 88.6 Å². The van der Waals surface area contributed by atoms with Crippen LogP contribution in [0.25, 0.3) is 10.9 Å². The molecule has 1 aliphatic rings. The van der Waals surface area contributed by atoms with Crippen molar-refractivity contribution in [2.45, 2.75) is 17.2 Å². The van der Waals surface area contributed by atoms with Crippen LogP contribution in [0.2, 0.25) is 0 Å². The number of para-hydroxylation sites is 1. The molecule has 0 saturated carbocycles. The number of fused-ring (bicyclic) bond motifs is 1. The Morgan fingerprint density at radius 2 is 1.77 bits per heavy atom. The second-order valence-corrected chi connectivity index (χ2v) is 10.6. The van der Waals surface area contributed by atoms with E-state index in [0.717, 1.165) is 22.4 Å². The van der Waals surface area contributed by atoms with Crippen LogP contribution in [0.4, 0.5) is 11.4 Å². The van der Waals surface area contributed by atoms with E-state index in [1.165, 1.54) is 11.8 Å². The molecule has 0 radical (unpaired) electrons. The van der Waals surface area contributed by atoms with Gasteiger partial charge in [0, 0.05) is 23.0 Å². The second-order valence-electron chi connectivity index (χ2n) is 7.91. The number of aromatic nitrogens is 1. The average molecular weight is 506 g/mol. The van der Waals surface area contributed by atoms with Crippen LogP contribution in [-0.4, -0.2) is 31.7 Å². The number of carbonyl (C=O) groups is 1. The van der Waals surface area contributed by atoms with Gasteiger partial charge in [-0.05, 0) is 61.0 Å². The molecule has 0 bridgehead atoms. The standard InChI is InChI=1S/C26H23N3O4S2/c1-2-33-22-14-12-21(13-15-22)29-24(30)17-34-26(29)19-8-10-20(11-9-19)28-35(31,32)23-7-3-5-18-6-4-16-27-25(18)23/h3-16,26,28H,2,17H2,1H3. The third-order valence-electron chi connectivity index (χ3n) is 5.63. The summed E-state index contributed by atoms with van der Waals surface area (Å²) < 4.78 is 34.3. The summed E-state index contributed by atoms with van der Waals surface area (Å²) in [5.74, 6) is 1.16. The van der Waals surface area contributed by atoms with Crippen LogP contribution in [0.3, 0.4) is 0 Å². The predicted molar refractivity (Wildman–Crippen MR) is 139 cm³/mol. The third-order valence-corrected chi connectivity index (χ3v) is 8.25. The summed E-state index contributed by atoms with van der Waals surface area (Å²) in [4.78, 5) is 18.8. The number of sulfonamides is 1. The highest BCUT2D eigenvalue weighted by molar-refractivity contribution is 8.00. The highest BCUT2D eigenvalue weighted by Gasteiger charge is 2.34. The number of rotatable bonds is 7. The van der Waals surface area contributed by atoms with Crippen LogP contribution in [0.15, 0.2) is 90.0 Å². The molecule has 3 aromatic carbocycles. The van der Waals surface area contributed by atoms with Crippen LogP contribution in [0.5, 0.6) is 5.75 Å². The molecule has 1 unspecified atom stereocenters. The Morgan fingerprint density at radius 3 is 2.51 bits per heavy atom. The summed E-state index contributed by atoms with van der Waals surface area (Å²) in [6.07, 6.45) is 1.58. The zero-order valence-electron chi connectivity index (χ0n) is 18.9. The van der Waals surface area contributed by atoms with Gasteiger partial charge in [-0.15, -0.1) is 11.8 Å². The summed E-state index contributed by atoms with van der Waals surface area (Å²) in [6.45, 7) is 2.50. The molecule has 1 atom stereocenters. The Morgan fingerprint density at radius 1 is 1.03 bits per heavy atom. The molecule has 7 nitrogen and oxygen atoms in total. The van der Waals surface area contributed by atoms with Crippen molar-refractivity contribution in [1.29, 1.82) is 0 Å². The number of ether oxygens (including phenoxy) is 1. The van der Waals surface area contributed by atoms with E-state index in [9.17, 15) is 13.2 Å². The molecular formula is C26H23N3O4S2. The fourth-order valence-electron chi connectivity index (χ4n) is 4.04. The van der Waals surface area contributed by atoms with Gasteiger partial charge in [0.15, 0.2) is 0 Å². The van der Waals surface area contributed by atoms with Gasteiger partial charge < -0.3 is 4.74 Å². The van der Waals surface area contributed by atoms with Gasteiger partial charge in [-0.25, -0.2) is 8.42 Å². The van der Waals surface area contributed by atoms with E-state index in [-0.39, 0.29) is 16.2 Å². The number of hydrogen-bond acceptors (Lipinski definition) is 6. The maximum Gasteiger partial charge on any atom is 0.264 e. The van der Waals surface area contributed by atoms with Crippen LogP contribution in [0, 0.1) is 0 Å². The van der Waals surface area contributed by atoms with Gasteiger partial charge in [-0.2, -0.15) is 0 Å². The molecule has 4 aromatic rings. The van der Waals surface area contributed by atoms with Crippen molar-refractivity contribution in [3.8, 4) is 5.75 Å². The van der Waals surface area contributed by atoms with Crippen molar-refractivity contribution in [3.05, 3.63) is 90.6 Å². The molecule has 9 heteroatoms. The minimum Gasteiger partial charge on any atom is -0.494 e. The molecule has 1 amide bonds. The molecule has 1 N–H and O–H groups in total. The summed E-state index contributed by atoms with van der Waals surface area (Å²) in [7, 11) is -3.84. The number of thioether (sulfide) groups is 1. The molecule has 178 valence electrons. The maximum atomic E-state index is 13.1. The van der Waals surface area contributed by atoms with Gasteiger partial charge in [-0.1, -0.05) is 30.3 Å². The Bertz CT molecular complexity index is 1470. The summed E-state index contributed by atoms with van der Waals surface area (Å²) in [5.41, 5.74) is 2.56. The predicted octanol–water partition coefficient (Wildman–Crippen LogP) is 5.21. The molecule has 0 spiro atoms.